The lowest BCUT2D eigenvalue weighted by Crippen LogP contribution is -2.35. The number of aromatic nitrogens is 2. The highest BCUT2D eigenvalue weighted by molar-refractivity contribution is 5.40. The Hall–Kier alpha value is -1.88. The molecule has 5 heteroatoms. The van der Waals surface area contributed by atoms with Crippen LogP contribution in [0.3, 0.4) is 0 Å². The lowest BCUT2D eigenvalue weighted by molar-refractivity contribution is 0.262. The first-order chi connectivity index (χ1) is 10.0. The summed E-state index contributed by atoms with van der Waals surface area (Å²) in [6.45, 7) is 7.60. The average Bonchev–Trinajstić information content (AvgIpc) is 2.92. The van der Waals surface area contributed by atoms with Gasteiger partial charge in [0.1, 0.15) is 5.75 Å². The molecule has 0 bridgehead atoms. The molecule has 0 amide bonds. The fraction of sp³-hybridized carbons (Fsp3) is 0.500. The molecule has 0 aliphatic carbocycles. The van der Waals surface area contributed by atoms with Gasteiger partial charge in [-0.2, -0.15) is 0 Å². The summed E-state index contributed by atoms with van der Waals surface area (Å²) >= 11 is 0. The molecule has 1 aromatic carbocycles. The van der Waals surface area contributed by atoms with Crippen LogP contribution in [0.25, 0.3) is 0 Å². The van der Waals surface area contributed by atoms with E-state index in [4.69, 9.17) is 9.15 Å². The predicted molar refractivity (Wildman–Crippen MR) is 79.3 cm³/mol. The molecule has 1 aliphatic heterocycles. The molecule has 0 saturated carbocycles. The van der Waals surface area contributed by atoms with Gasteiger partial charge in [0.05, 0.1) is 19.1 Å². The van der Waals surface area contributed by atoms with Crippen molar-refractivity contribution in [2.45, 2.75) is 45.2 Å². The number of benzene rings is 1. The minimum Gasteiger partial charge on any atom is -0.493 e. The lowest BCUT2D eigenvalue weighted by Gasteiger charge is -2.23. The summed E-state index contributed by atoms with van der Waals surface area (Å²) in [5.41, 5.74) is 1.16. The smallest absolute Gasteiger partial charge is 0.230 e. The van der Waals surface area contributed by atoms with Crippen molar-refractivity contribution >= 4 is 0 Å². The van der Waals surface area contributed by atoms with Crippen LogP contribution in [-0.2, 0) is 6.54 Å². The van der Waals surface area contributed by atoms with E-state index in [1.165, 1.54) is 0 Å². The standard InChI is InChI=1S/C16H21N3O2/c1-16(2,3)17-10-14-18-19-15(21-14)12-8-9-20-13-7-5-4-6-11(12)13/h4-7,12,17H,8-10H2,1-3H3. The second-order valence-corrected chi connectivity index (χ2v) is 6.37. The highest BCUT2D eigenvalue weighted by Crippen LogP contribution is 2.37. The van der Waals surface area contributed by atoms with Crippen LogP contribution in [0.15, 0.2) is 28.7 Å². The van der Waals surface area contributed by atoms with Crippen LogP contribution in [0.5, 0.6) is 5.75 Å². The van der Waals surface area contributed by atoms with Crippen molar-refractivity contribution in [3.8, 4) is 5.75 Å². The van der Waals surface area contributed by atoms with Gasteiger partial charge in [0.25, 0.3) is 0 Å². The largest absolute Gasteiger partial charge is 0.493 e. The number of nitrogens with zero attached hydrogens (tertiary/aromatic N) is 2. The Balaban J connectivity index is 1.78. The number of hydrogen-bond acceptors (Lipinski definition) is 5. The second kappa shape index (κ2) is 5.48. The molecule has 0 saturated heterocycles. The third kappa shape index (κ3) is 3.24. The molecule has 0 fully saturated rings. The zero-order valence-electron chi connectivity index (χ0n) is 12.7. The fourth-order valence-electron chi connectivity index (χ4n) is 2.42. The van der Waals surface area contributed by atoms with E-state index in [1.807, 2.05) is 18.2 Å². The Morgan fingerprint density at radius 2 is 2.05 bits per heavy atom. The monoisotopic (exact) mass is 287 g/mol. The van der Waals surface area contributed by atoms with Crippen molar-refractivity contribution in [2.75, 3.05) is 6.61 Å². The van der Waals surface area contributed by atoms with Crippen molar-refractivity contribution in [1.29, 1.82) is 0 Å². The predicted octanol–water partition coefficient (Wildman–Crippen LogP) is 2.87. The molecule has 21 heavy (non-hydrogen) atoms. The normalized spacial score (nSPS) is 18.1. The number of rotatable bonds is 3. The van der Waals surface area contributed by atoms with Crippen LogP contribution in [0.2, 0.25) is 0 Å². The number of fused-ring (bicyclic) bond motifs is 1. The van der Waals surface area contributed by atoms with E-state index in [2.05, 4.69) is 42.4 Å². The first kappa shape index (κ1) is 14.1. The maximum absolute atomic E-state index is 5.84. The molecular formula is C16H21N3O2. The van der Waals surface area contributed by atoms with Crippen molar-refractivity contribution in [1.82, 2.24) is 15.5 Å². The Kier molecular flexibility index (Phi) is 3.68. The highest BCUT2D eigenvalue weighted by atomic mass is 16.5. The van der Waals surface area contributed by atoms with E-state index in [0.717, 1.165) is 17.7 Å². The van der Waals surface area contributed by atoms with Gasteiger partial charge in [-0.15, -0.1) is 10.2 Å². The van der Waals surface area contributed by atoms with Crippen molar-refractivity contribution in [3.63, 3.8) is 0 Å². The van der Waals surface area contributed by atoms with E-state index < -0.39 is 0 Å². The Morgan fingerprint density at radius 1 is 1.24 bits per heavy atom. The van der Waals surface area contributed by atoms with Crippen LogP contribution in [0.1, 0.15) is 50.5 Å². The van der Waals surface area contributed by atoms with Gasteiger partial charge in [0, 0.05) is 11.1 Å². The molecule has 5 nitrogen and oxygen atoms in total. The number of ether oxygens (including phenoxy) is 1. The number of para-hydroxylation sites is 1. The Morgan fingerprint density at radius 3 is 2.86 bits per heavy atom. The van der Waals surface area contributed by atoms with Gasteiger partial charge in [-0.3, -0.25) is 0 Å². The van der Waals surface area contributed by atoms with E-state index >= 15 is 0 Å². The molecule has 0 spiro atoms. The number of nitrogens with one attached hydrogen (secondary N) is 1. The van der Waals surface area contributed by atoms with Gasteiger partial charge in [0.15, 0.2) is 0 Å². The lowest BCUT2D eigenvalue weighted by atomic mass is 9.93. The third-order valence-electron chi connectivity index (χ3n) is 3.51. The molecular weight excluding hydrogens is 266 g/mol. The minimum absolute atomic E-state index is 0.0277. The maximum Gasteiger partial charge on any atom is 0.230 e. The average molecular weight is 287 g/mol. The molecule has 1 unspecified atom stereocenters. The van der Waals surface area contributed by atoms with Crippen LogP contribution in [0.4, 0.5) is 0 Å². The van der Waals surface area contributed by atoms with Crippen LogP contribution in [0, 0.1) is 0 Å². The SMILES string of the molecule is CC(C)(C)NCc1nnc(C2CCOc3ccccc32)o1. The van der Waals surface area contributed by atoms with Crippen LogP contribution < -0.4 is 10.1 Å². The third-order valence-corrected chi connectivity index (χ3v) is 3.51. The fourth-order valence-corrected chi connectivity index (χ4v) is 2.42. The van der Waals surface area contributed by atoms with E-state index in [0.29, 0.717) is 24.9 Å². The molecule has 1 atom stereocenters. The van der Waals surface area contributed by atoms with E-state index in [9.17, 15) is 0 Å². The highest BCUT2D eigenvalue weighted by Gasteiger charge is 2.27. The van der Waals surface area contributed by atoms with Gasteiger partial charge < -0.3 is 14.5 Å². The topological polar surface area (TPSA) is 60.2 Å². The minimum atomic E-state index is 0.0277. The van der Waals surface area contributed by atoms with Gasteiger partial charge in [-0.25, -0.2) is 0 Å². The quantitative estimate of drug-likeness (QED) is 0.940. The molecule has 2 aromatic rings. The molecule has 0 radical (unpaired) electrons. The van der Waals surface area contributed by atoms with Crippen LogP contribution >= 0.6 is 0 Å². The Bertz CT molecular complexity index is 616. The number of hydrogen-bond donors (Lipinski definition) is 1. The molecule has 1 aliphatic rings. The summed E-state index contributed by atoms with van der Waals surface area (Å²) in [6.07, 6.45) is 0.866. The van der Waals surface area contributed by atoms with Crippen molar-refractivity contribution in [2.24, 2.45) is 0 Å². The van der Waals surface area contributed by atoms with Gasteiger partial charge in [-0.05, 0) is 33.3 Å². The zero-order chi connectivity index (χ0) is 14.9. The summed E-state index contributed by atoms with van der Waals surface area (Å²) in [4.78, 5) is 0. The first-order valence-electron chi connectivity index (χ1n) is 7.32. The van der Waals surface area contributed by atoms with E-state index in [-0.39, 0.29) is 11.5 Å². The van der Waals surface area contributed by atoms with Crippen molar-refractivity contribution in [3.05, 3.63) is 41.6 Å². The summed E-state index contributed by atoms with van der Waals surface area (Å²) in [7, 11) is 0. The second-order valence-electron chi connectivity index (χ2n) is 6.37. The van der Waals surface area contributed by atoms with E-state index in [1.54, 1.807) is 0 Å². The van der Waals surface area contributed by atoms with Gasteiger partial charge in [0.2, 0.25) is 11.8 Å². The molecule has 3 rings (SSSR count). The summed E-state index contributed by atoms with van der Waals surface area (Å²) in [5, 5.41) is 11.7. The Labute approximate surface area is 124 Å². The molecule has 2 heterocycles. The molecule has 1 aromatic heterocycles. The summed E-state index contributed by atoms with van der Waals surface area (Å²) in [5.74, 6) is 2.35. The summed E-state index contributed by atoms with van der Waals surface area (Å²) in [6, 6.07) is 8.04. The first-order valence-corrected chi connectivity index (χ1v) is 7.32. The zero-order valence-corrected chi connectivity index (χ0v) is 12.7. The summed E-state index contributed by atoms with van der Waals surface area (Å²) < 4.78 is 11.5. The molecule has 1 N–H and O–H groups in total. The van der Waals surface area contributed by atoms with Crippen molar-refractivity contribution < 1.29 is 9.15 Å². The maximum atomic E-state index is 5.84. The van der Waals surface area contributed by atoms with Gasteiger partial charge >= 0.3 is 0 Å². The van der Waals surface area contributed by atoms with Crippen LogP contribution in [-0.4, -0.2) is 22.3 Å². The van der Waals surface area contributed by atoms with Gasteiger partial charge in [-0.1, -0.05) is 18.2 Å². The molecule has 112 valence electrons.